The zero-order chi connectivity index (χ0) is 11.6. The minimum absolute atomic E-state index is 0.521. The van der Waals surface area contributed by atoms with Crippen LogP contribution in [0.2, 0.25) is 0 Å². The van der Waals surface area contributed by atoms with Gasteiger partial charge in [-0.2, -0.15) is 16.1 Å². The molecule has 0 aliphatic heterocycles. The Hall–Kier alpha value is -0.330. The number of nitrogens with one attached hydrogen (secondary N) is 1. The summed E-state index contributed by atoms with van der Waals surface area (Å²) >= 11 is 3.03. The average Bonchev–Trinajstić information content (AvgIpc) is 2.95. The molecule has 4 nitrogen and oxygen atoms in total. The van der Waals surface area contributed by atoms with E-state index in [-0.39, 0.29) is 0 Å². The van der Waals surface area contributed by atoms with Gasteiger partial charge in [0, 0.05) is 29.7 Å². The van der Waals surface area contributed by atoms with Gasteiger partial charge < -0.3 is 10.4 Å². The predicted molar refractivity (Wildman–Crippen MR) is 69.4 cm³/mol. The van der Waals surface area contributed by atoms with Gasteiger partial charge in [0.15, 0.2) is 0 Å². The molecule has 1 heterocycles. The van der Waals surface area contributed by atoms with Gasteiger partial charge in [-0.1, -0.05) is 0 Å². The molecule has 1 aromatic rings. The van der Waals surface area contributed by atoms with Gasteiger partial charge in [0.1, 0.15) is 5.82 Å². The molecule has 0 spiro atoms. The molecule has 1 unspecified atom stereocenters. The molecule has 6 heteroatoms. The third kappa shape index (κ3) is 3.33. The molecule has 1 fully saturated rings. The highest BCUT2D eigenvalue weighted by atomic mass is 32.2. The van der Waals surface area contributed by atoms with Crippen LogP contribution in [0, 0.1) is 0 Å². The molecule has 0 saturated heterocycles. The van der Waals surface area contributed by atoms with E-state index in [1.165, 1.54) is 24.4 Å². The number of aliphatic hydroxyl groups is 1. The van der Waals surface area contributed by atoms with Crippen molar-refractivity contribution in [2.24, 2.45) is 0 Å². The van der Waals surface area contributed by atoms with Crippen LogP contribution in [0.5, 0.6) is 0 Å². The molecule has 1 atom stereocenters. The molecule has 0 aromatic carbocycles. The summed E-state index contributed by atoms with van der Waals surface area (Å²) in [5, 5.41) is 14.0. The largest absolute Gasteiger partial charge is 0.387 e. The molecule has 1 saturated carbocycles. The fourth-order valence-corrected chi connectivity index (χ4v) is 2.81. The number of rotatable bonds is 6. The van der Waals surface area contributed by atoms with Gasteiger partial charge in [-0.15, -0.1) is 0 Å². The monoisotopic (exact) mass is 259 g/mol. The van der Waals surface area contributed by atoms with E-state index in [4.69, 9.17) is 0 Å². The molecule has 0 amide bonds. The molecular formula is C10H17N3OS2. The Morgan fingerprint density at radius 1 is 1.62 bits per heavy atom. The molecule has 90 valence electrons. The van der Waals surface area contributed by atoms with E-state index in [0.29, 0.717) is 18.2 Å². The molecular weight excluding hydrogens is 242 g/mol. The zero-order valence-corrected chi connectivity index (χ0v) is 11.2. The lowest BCUT2D eigenvalue weighted by molar-refractivity contribution is 0.0997. The van der Waals surface area contributed by atoms with Crippen LogP contribution in [0.1, 0.15) is 31.5 Å². The van der Waals surface area contributed by atoms with Crippen molar-refractivity contribution >= 4 is 28.4 Å². The minimum Gasteiger partial charge on any atom is -0.387 e. The van der Waals surface area contributed by atoms with Gasteiger partial charge >= 0.3 is 0 Å². The van der Waals surface area contributed by atoms with Crippen LogP contribution < -0.4 is 5.32 Å². The van der Waals surface area contributed by atoms with Crippen LogP contribution in [0.3, 0.4) is 0 Å². The van der Waals surface area contributed by atoms with E-state index in [1.54, 1.807) is 11.8 Å². The van der Waals surface area contributed by atoms with Crippen molar-refractivity contribution in [3.8, 4) is 0 Å². The smallest absolute Gasteiger partial charge is 0.202 e. The lowest BCUT2D eigenvalue weighted by Gasteiger charge is -2.21. The number of hydrogen-bond acceptors (Lipinski definition) is 6. The third-order valence-corrected chi connectivity index (χ3v) is 4.06. The molecule has 1 aliphatic rings. The van der Waals surface area contributed by atoms with Crippen LogP contribution in [-0.2, 0) is 0 Å². The van der Waals surface area contributed by atoms with Crippen LogP contribution in [0.15, 0.2) is 0 Å². The zero-order valence-electron chi connectivity index (χ0n) is 9.56. The Kier molecular flexibility index (Phi) is 3.71. The molecule has 1 aliphatic carbocycles. The Balaban J connectivity index is 1.84. The van der Waals surface area contributed by atoms with Crippen molar-refractivity contribution in [3.05, 3.63) is 5.82 Å². The van der Waals surface area contributed by atoms with Gasteiger partial charge in [0.25, 0.3) is 0 Å². The number of nitrogens with zero attached hydrogens (tertiary/aromatic N) is 2. The quantitative estimate of drug-likeness (QED) is 0.817. The Labute approximate surface area is 104 Å². The van der Waals surface area contributed by atoms with E-state index in [2.05, 4.69) is 14.7 Å². The third-order valence-electron chi connectivity index (χ3n) is 2.46. The second-order valence-electron chi connectivity index (χ2n) is 4.52. The lowest BCUT2D eigenvalue weighted by atomic mass is 10.1. The van der Waals surface area contributed by atoms with Crippen LogP contribution >= 0.6 is 23.3 Å². The van der Waals surface area contributed by atoms with E-state index in [0.717, 1.165) is 11.0 Å². The number of hydrogen-bond donors (Lipinski definition) is 2. The van der Waals surface area contributed by atoms with E-state index in [1.807, 2.05) is 13.2 Å². The lowest BCUT2D eigenvalue weighted by Crippen LogP contribution is -2.36. The topological polar surface area (TPSA) is 58.0 Å². The van der Waals surface area contributed by atoms with Crippen LogP contribution in [-0.4, -0.2) is 38.6 Å². The second kappa shape index (κ2) is 4.89. The molecule has 2 N–H and O–H groups in total. The Morgan fingerprint density at radius 2 is 2.38 bits per heavy atom. The standard InChI is InChI=1S/C10H17N3OS2/c1-10(14,6-15-2)5-11-9-12-8(13-16-9)7-3-4-7/h7,14H,3-6H2,1-2H3,(H,11,12,13). The molecule has 2 rings (SSSR count). The van der Waals surface area contributed by atoms with Gasteiger partial charge in [0.2, 0.25) is 5.13 Å². The summed E-state index contributed by atoms with van der Waals surface area (Å²) in [6.45, 7) is 2.35. The molecule has 0 bridgehead atoms. The van der Waals surface area contributed by atoms with Gasteiger partial charge in [-0.05, 0) is 26.0 Å². The van der Waals surface area contributed by atoms with Crippen LogP contribution in [0.25, 0.3) is 0 Å². The number of anilines is 1. The summed E-state index contributed by atoms with van der Waals surface area (Å²) in [5.74, 6) is 2.28. The normalized spacial score (nSPS) is 19.4. The summed E-state index contributed by atoms with van der Waals surface area (Å²) in [4.78, 5) is 4.41. The Bertz CT molecular complexity index is 350. The fourth-order valence-electron chi connectivity index (χ4n) is 1.44. The summed E-state index contributed by atoms with van der Waals surface area (Å²) in [6, 6.07) is 0. The van der Waals surface area contributed by atoms with E-state index in [9.17, 15) is 5.11 Å². The SMILES string of the molecule is CSCC(C)(O)CNc1nc(C2CC2)ns1. The number of thioether (sulfide) groups is 1. The van der Waals surface area contributed by atoms with Crippen molar-refractivity contribution in [3.63, 3.8) is 0 Å². The van der Waals surface area contributed by atoms with Gasteiger partial charge in [-0.25, -0.2) is 4.98 Å². The van der Waals surface area contributed by atoms with Crippen molar-refractivity contribution in [1.82, 2.24) is 9.36 Å². The first-order valence-corrected chi connectivity index (χ1v) is 7.56. The predicted octanol–water partition coefficient (Wildman–Crippen LogP) is 1.94. The van der Waals surface area contributed by atoms with Crippen molar-refractivity contribution < 1.29 is 5.11 Å². The highest BCUT2D eigenvalue weighted by molar-refractivity contribution is 7.98. The highest BCUT2D eigenvalue weighted by Crippen LogP contribution is 2.39. The van der Waals surface area contributed by atoms with Crippen molar-refractivity contribution in [2.75, 3.05) is 23.9 Å². The first kappa shape index (κ1) is 12.1. The van der Waals surface area contributed by atoms with Gasteiger partial charge in [-0.3, -0.25) is 0 Å². The van der Waals surface area contributed by atoms with Crippen molar-refractivity contribution in [1.29, 1.82) is 0 Å². The number of aromatic nitrogens is 2. The Morgan fingerprint density at radius 3 is 3.00 bits per heavy atom. The first-order chi connectivity index (χ1) is 7.61. The maximum Gasteiger partial charge on any atom is 0.202 e. The molecule has 0 radical (unpaired) electrons. The van der Waals surface area contributed by atoms with Crippen molar-refractivity contribution in [2.45, 2.75) is 31.3 Å². The molecule has 1 aromatic heterocycles. The summed E-state index contributed by atoms with van der Waals surface area (Å²) < 4.78 is 4.31. The average molecular weight is 259 g/mol. The highest BCUT2D eigenvalue weighted by Gasteiger charge is 2.28. The van der Waals surface area contributed by atoms with Gasteiger partial charge in [0.05, 0.1) is 5.60 Å². The fraction of sp³-hybridized carbons (Fsp3) is 0.800. The van der Waals surface area contributed by atoms with Crippen LogP contribution in [0.4, 0.5) is 5.13 Å². The first-order valence-electron chi connectivity index (χ1n) is 5.39. The van der Waals surface area contributed by atoms with E-state index < -0.39 is 5.60 Å². The maximum atomic E-state index is 9.98. The summed E-state index contributed by atoms with van der Waals surface area (Å²) in [6.07, 6.45) is 4.44. The summed E-state index contributed by atoms with van der Waals surface area (Å²) in [5.41, 5.74) is -0.690. The maximum absolute atomic E-state index is 9.98. The van der Waals surface area contributed by atoms with E-state index >= 15 is 0 Å². The second-order valence-corrected chi connectivity index (χ2v) is 6.13. The summed E-state index contributed by atoms with van der Waals surface area (Å²) in [7, 11) is 0. The molecule has 16 heavy (non-hydrogen) atoms. The minimum atomic E-state index is -0.690.